The van der Waals surface area contributed by atoms with Gasteiger partial charge in [-0.25, -0.2) is 9.83 Å². The zero-order valence-electron chi connectivity index (χ0n) is 17.3. The van der Waals surface area contributed by atoms with Crippen molar-refractivity contribution in [3.05, 3.63) is 71.3 Å². The minimum atomic E-state index is -0.0632. The molecule has 3 aromatic rings. The number of rotatable bonds is 6. The highest BCUT2D eigenvalue weighted by Gasteiger charge is 2.30. The first-order chi connectivity index (χ1) is 14.7. The quantitative estimate of drug-likeness (QED) is 0.590. The van der Waals surface area contributed by atoms with Crippen LogP contribution in [0.2, 0.25) is 0 Å². The number of hydrogen-bond acceptors (Lipinski definition) is 3. The molecule has 6 heteroatoms. The van der Waals surface area contributed by atoms with Crippen LogP contribution in [0.3, 0.4) is 0 Å². The average molecular weight is 402 g/mol. The Balaban J connectivity index is 1.44. The molecule has 1 aromatic heterocycles. The maximum absolute atomic E-state index is 13.2. The predicted molar refractivity (Wildman–Crippen MR) is 118 cm³/mol. The first kappa shape index (κ1) is 20.1. The van der Waals surface area contributed by atoms with Crippen LogP contribution in [0.5, 0.6) is 0 Å². The number of carbonyl (C=O) groups is 1. The molecule has 0 aliphatic heterocycles. The molecule has 1 fully saturated rings. The van der Waals surface area contributed by atoms with E-state index < -0.39 is 0 Å². The van der Waals surface area contributed by atoms with Gasteiger partial charge in [0.05, 0.1) is 17.6 Å². The third kappa shape index (κ3) is 4.37. The Kier molecular flexibility index (Phi) is 6.10. The topological polar surface area (TPSA) is 65.4 Å². The molecule has 1 aliphatic carbocycles. The van der Waals surface area contributed by atoms with E-state index in [2.05, 4.69) is 44.4 Å². The molecule has 1 heterocycles. The van der Waals surface area contributed by atoms with Crippen LogP contribution in [0.1, 0.15) is 48.8 Å². The molecule has 154 valence electrons. The number of aromatic amines is 1. The number of nitrogens with one attached hydrogen (secondary N) is 2. The van der Waals surface area contributed by atoms with E-state index >= 15 is 0 Å². The van der Waals surface area contributed by atoms with E-state index in [1.807, 2.05) is 17.9 Å². The largest absolute Gasteiger partial charge is 0.335 e. The summed E-state index contributed by atoms with van der Waals surface area (Å²) < 4.78 is 0. The van der Waals surface area contributed by atoms with Crippen molar-refractivity contribution in [3.8, 4) is 0 Å². The second kappa shape index (κ2) is 9.10. The van der Waals surface area contributed by atoms with Crippen molar-refractivity contribution in [1.82, 2.24) is 20.2 Å². The molecule has 1 saturated carbocycles. The molecule has 2 aromatic carbocycles. The molecule has 0 saturated heterocycles. The van der Waals surface area contributed by atoms with Gasteiger partial charge in [0.2, 0.25) is 0 Å². The lowest BCUT2D eigenvalue weighted by Gasteiger charge is -2.37. The van der Waals surface area contributed by atoms with E-state index in [4.69, 9.17) is 6.57 Å². The number of amides is 1. The number of fused-ring (bicyclic) bond motifs is 1. The number of carbonyl (C=O) groups excluding carboxylic acids is 1. The van der Waals surface area contributed by atoms with Crippen molar-refractivity contribution in [2.45, 2.75) is 51.2 Å². The maximum Gasteiger partial charge on any atom is 0.289 e. The second-order valence-corrected chi connectivity index (χ2v) is 7.87. The fraction of sp³-hybridized carbons (Fsp3) is 0.375. The Labute approximate surface area is 177 Å². The Bertz CT molecular complexity index is 1050. The Morgan fingerprint density at radius 3 is 2.87 bits per heavy atom. The first-order valence-electron chi connectivity index (χ1n) is 10.6. The van der Waals surface area contributed by atoms with Crippen LogP contribution in [0.4, 0.5) is 5.69 Å². The van der Waals surface area contributed by atoms with Crippen LogP contribution < -0.4 is 5.32 Å². The van der Waals surface area contributed by atoms with Gasteiger partial charge in [-0.2, -0.15) is 0 Å². The summed E-state index contributed by atoms with van der Waals surface area (Å²) in [6.45, 7) is 10.7. The minimum absolute atomic E-state index is 0.0632. The van der Waals surface area contributed by atoms with E-state index in [9.17, 15) is 4.79 Å². The predicted octanol–water partition coefficient (Wildman–Crippen LogP) is 4.68. The summed E-state index contributed by atoms with van der Waals surface area (Å²) in [5.74, 6) is 0.292. The molecule has 4 rings (SSSR count). The molecule has 0 radical (unpaired) electrons. The van der Waals surface area contributed by atoms with Crippen molar-refractivity contribution in [1.29, 1.82) is 0 Å². The van der Waals surface area contributed by atoms with Gasteiger partial charge in [0.1, 0.15) is 0 Å². The van der Waals surface area contributed by atoms with Crippen molar-refractivity contribution < 1.29 is 4.79 Å². The van der Waals surface area contributed by atoms with Crippen LogP contribution >= 0.6 is 0 Å². The molecule has 0 bridgehead atoms. The lowest BCUT2D eigenvalue weighted by molar-refractivity contribution is 0.0617. The Hall–Kier alpha value is -3.17. The fourth-order valence-corrected chi connectivity index (χ4v) is 4.36. The van der Waals surface area contributed by atoms with Gasteiger partial charge in [-0.1, -0.05) is 36.4 Å². The summed E-state index contributed by atoms with van der Waals surface area (Å²) in [7, 11) is 0. The molecular formula is C24H27N5O. The third-order valence-electron chi connectivity index (χ3n) is 5.92. The highest BCUT2D eigenvalue weighted by molar-refractivity contribution is 5.95. The molecule has 0 unspecified atom stereocenters. The number of imidazole rings is 1. The van der Waals surface area contributed by atoms with Crippen LogP contribution in [0, 0.1) is 6.57 Å². The van der Waals surface area contributed by atoms with Crippen LogP contribution in [-0.2, 0) is 6.54 Å². The van der Waals surface area contributed by atoms with E-state index in [1.54, 1.807) is 18.2 Å². The van der Waals surface area contributed by atoms with Gasteiger partial charge < -0.3 is 15.2 Å². The number of H-pyrrole nitrogens is 1. The van der Waals surface area contributed by atoms with Crippen molar-refractivity contribution in [3.63, 3.8) is 0 Å². The van der Waals surface area contributed by atoms with Crippen LogP contribution in [0.25, 0.3) is 15.9 Å². The summed E-state index contributed by atoms with van der Waals surface area (Å²) in [6, 6.07) is 16.3. The average Bonchev–Trinajstić information content (AvgIpc) is 3.22. The minimum Gasteiger partial charge on any atom is -0.335 e. The Morgan fingerprint density at radius 2 is 2.10 bits per heavy atom. The fourth-order valence-electron chi connectivity index (χ4n) is 4.36. The number of benzene rings is 2. The van der Waals surface area contributed by atoms with Crippen molar-refractivity contribution in [2.75, 3.05) is 6.54 Å². The molecule has 0 spiro atoms. The van der Waals surface area contributed by atoms with Gasteiger partial charge >= 0.3 is 0 Å². The van der Waals surface area contributed by atoms with Crippen molar-refractivity contribution in [2.24, 2.45) is 0 Å². The molecule has 30 heavy (non-hydrogen) atoms. The smallest absolute Gasteiger partial charge is 0.289 e. The standard InChI is InChI=1S/C24H27N5O/c1-3-29(24(30)23-27-21-13-12-18(25-2)15-22(21)28-23)20-11-7-10-19(14-20)26-16-17-8-5-4-6-9-17/h4-6,8-9,12-13,15,19-20,26H,3,7,10-11,14,16H2,1H3,(H,27,28)/t19-,20+/m1/s1. The number of aromatic nitrogens is 2. The van der Waals surface area contributed by atoms with Crippen molar-refractivity contribution >= 4 is 22.6 Å². The summed E-state index contributed by atoms with van der Waals surface area (Å²) in [5, 5.41) is 3.67. The zero-order valence-corrected chi connectivity index (χ0v) is 17.3. The lowest BCUT2D eigenvalue weighted by atomic mass is 9.89. The molecule has 1 amide bonds. The maximum atomic E-state index is 13.2. The highest BCUT2D eigenvalue weighted by atomic mass is 16.2. The van der Waals surface area contributed by atoms with E-state index in [-0.39, 0.29) is 11.9 Å². The van der Waals surface area contributed by atoms with Gasteiger partial charge in [-0.15, -0.1) is 0 Å². The summed E-state index contributed by atoms with van der Waals surface area (Å²) >= 11 is 0. The third-order valence-corrected chi connectivity index (χ3v) is 5.92. The normalized spacial score (nSPS) is 18.8. The van der Waals surface area contributed by atoms with E-state index in [0.717, 1.165) is 37.7 Å². The van der Waals surface area contributed by atoms with Crippen LogP contribution in [-0.4, -0.2) is 39.4 Å². The second-order valence-electron chi connectivity index (χ2n) is 7.87. The van der Waals surface area contributed by atoms with Gasteiger partial charge in [0.25, 0.3) is 5.91 Å². The van der Waals surface area contributed by atoms with Gasteiger partial charge in [0.15, 0.2) is 11.5 Å². The van der Waals surface area contributed by atoms with E-state index in [0.29, 0.717) is 29.6 Å². The van der Waals surface area contributed by atoms with Crippen LogP contribution in [0.15, 0.2) is 48.5 Å². The number of hydrogen-bond donors (Lipinski definition) is 2. The van der Waals surface area contributed by atoms with E-state index in [1.165, 1.54) is 5.56 Å². The summed E-state index contributed by atoms with van der Waals surface area (Å²) in [4.78, 5) is 26.2. The highest BCUT2D eigenvalue weighted by Crippen LogP contribution is 2.26. The molecule has 6 nitrogen and oxygen atoms in total. The Morgan fingerprint density at radius 1 is 1.27 bits per heavy atom. The number of nitrogens with zero attached hydrogens (tertiary/aromatic N) is 3. The van der Waals surface area contributed by atoms with Gasteiger partial charge in [-0.3, -0.25) is 4.79 Å². The molecule has 2 N–H and O–H groups in total. The monoisotopic (exact) mass is 401 g/mol. The zero-order chi connectivity index (χ0) is 20.9. The molecule has 1 aliphatic rings. The lowest BCUT2D eigenvalue weighted by Crippen LogP contribution is -2.47. The first-order valence-corrected chi connectivity index (χ1v) is 10.6. The summed E-state index contributed by atoms with van der Waals surface area (Å²) in [5.41, 5.74) is 3.27. The van der Waals surface area contributed by atoms with Gasteiger partial charge in [-0.05, 0) is 50.3 Å². The van der Waals surface area contributed by atoms with Gasteiger partial charge in [0, 0.05) is 25.2 Å². The molecule has 2 atom stereocenters. The molecular weight excluding hydrogens is 374 g/mol. The summed E-state index contributed by atoms with van der Waals surface area (Å²) in [6.07, 6.45) is 4.22. The SMILES string of the molecule is [C-]#[N+]c1ccc2nc(C(=O)N(CC)[C@H]3CCC[C@@H](NCc4ccccc4)C3)[nH]c2c1.